The molecule has 1 aliphatic rings. The molecule has 1 aromatic heterocycles. The monoisotopic (exact) mass is 281 g/mol. The van der Waals surface area contributed by atoms with Gasteiger partial charge in [-0.15, -0.1) is 11.3 Å². The largest absolute Gasteiger partial charge is 0.311 e. The molecule has 1 saturated heterocycles. The van der Waals surface area contributed by atoms with E-state index in [1.807, 2.05) is 11.3 Å². The van der Waals surface area contributed by atoms with E-state index in [2.05, 4.69) is 29.4 Å². The Kier molecular flexibility index (Phi) is 6.28. The average Bonchev–Trinajstić information content (AvgIpc) is 2.65. The Morgan fingerprint density at radius 1 is 1.26 bits per heavy atom. The van der Waals surface area contributed by atoms with Gasteiger partial charge in [0.2, 0.25) is 0 Å². The lowest BCUT2D eigenvalue weighted by atomic mass is 10.2. The fraction of sp³-hybridized carbons (Fsp3) is 0.800. The second-order valence-corrected chi connectivity index (χ2v) is 6.89. The van der Waals surface area contributed by atoms with Gasteiger partial charge in [0.05, 0.1) is 12.2 Å². The molecule has 0 aromatic carbocycles. The molecule has 1 aliphatic heterocycles. The third-order valence-electron chi connectivity index (χ3n) is 3.52. The Morgan fingerprint density at radius 2 is 2.00 bits per heavy atom. The molecule has 3 nitrogen and oxygen atoms in total. The Morgan fingerprint density at radius 3 is 2.68 bits per heavy atom. The Balaban J connectivity index is 1.76. The van der Waals surface area contributed by atoms with E-state index in [0.717, 1.165) is 19.6 Å². The van der Waals surface area contributed by atoms with Crippen LogP contribution in [0.15, 0.2) is 5.38 Å². The number of nitrogens with one attached hydrogen (secondary N) is 1. The molecule has 0 bridgehead atoms. The zero-order valence-electron chi connectivity index (χ0n) is 12.3. The molecule has 0 unspecified atom stereocenters. The minimum Gasteiger partial charge on any atom is -0.311 e. The number of aromatic nitrogens is 1. The van der Waals surface area contributed by atoms with Crippen LogP contribution in [0.25, 0.3) is 0 Å². The minimum absolute atomic E-state index is 0.704. The van der Waals surface area contributed by atoms with Gasteiger partial charge < -0.3 is 5.32 Å². The first kappa shape index (κ1) is 14.9. The first-order valence-electron chi connectivity index (χ1n) is 7.60. The summed E-state index contributed by atoms with van der Waals surface area (Å²) in [4.78, 5) is 7.31. The second-order valence-electron chi connectivity index (χ2n) is 5.95. The highest BCUT2D eigenvalue weighted by Gasteiger charge is 2.11. The Hall–Kier alpha value is -0.450. The van der Waals surface area contributed by atoms with Crippen LogP contribution in [0, 0.1) is 5.92 Å². The smallest absolute Gasteiger partial charge is 0.107 e. The van der Waals surface area contributed by atoms with Gasteiger partial charge in [0.25, 0.3) is 0 Å². The maximum atomic E-state index is 4.75. The third-order valence-corrected chi connectivity index (χ3v) is 4.40. The van der Waals surface area contributed by atoms with Crippen molar-refractivity contribution in [3.05, 3.63) is 16.1 Å². The normalized spacial score (nSPS) is 17.8. The van der Waals surface area contributed by atoms with Crippen molar-refractivity contribution in [2.24, 2.45) is 5.92 Å². The van der Waals surface area contributed by atoms with Gasteiger partial charge in [-0.25, -0.2) is 4.98 Å². The summed E-state index contributed by atoms with van der Waals surface area (Å²) in [5.74, 6) is 0.704. The fourth-order valence-corrected chi connectivity index (χ4v) is 3.31. The van der Waals surface area contributed by atoms with Gasteiger partial charge in [0.1, 0.15) is 5.01 Å². The molecule has 0 amide bonds. The van der Waals surface area contributed by atoms with Crippen molar-refractivity contribution in [3.63, 3.8) is 0 Å². The first-order valence-corrected chi connectivity index (χ1v) is 8.48. The van der Waals surface area contributed by atoms with Crippen LogP contribution in [-0.4, -0.2) is 29.5 Å². The van der Waals surface area contributed by atoms with Crippen molar-refractivity contribution in [2.45, 2.75) is 52.6 Å². The summed E-state index contributed by atoms with van der Waals surface area (Å²) in [5.41, 5.74) is 1.20. The SMILES string of the molecule is CC(C)CNCc1csc(CN2CCCCCC2)n1. The molecule has 4 heteroatoms. The molecule has 1 N–H and O–H groups in total. The molecule has 1 aromatic rings. The molecule has 0 atom stereocenters. The lowest BCUT2D eigenvalue weighted by Crippen LogP contribution is -2.24. The van der Waals surface area contributed by atoms with E-state index < -0.39 is 0 Å². The Bertz CT molecular complexity index is 354. The topological polar surface area (TPSA) is 28.2 Å². The van der Waals surface area contributed by atoms with Gasteiger partial charge in [0.15, 0.2) is 0 Å². The molecule has 0 radical (unpaired) electrons. The lowest BCUT2D eigenvalue weighted by Gasteiger charge is -2.17. The van der Waals surface area contributed by atoms with Crippen molar-refractivity contribution in [2.75, 3.05) is 19.6 Å². The summed E-state index contributed by atoms with van der Waals surface area (Å²) in [7, 11) is 0. The maximum Gasteiger partial charge on any atom is 0.107 e. The predicted octanol–water partition coefficient (Wildman–Crippen LogP) is 3.26. The molecule has 2 heterocycles. The van der Waals surface area contributed by atoms with E-state index in [1.165, 1.54) is 49.5 Å². The van der Waals surface area contributed by atoms with Gasteiger partial charge in [-0.2, -0.15) is 0 Å². The zero-order valence-corrected chi connectivity index (χ0v) is 13.1. The van der Waals surface area contributed by atoms with Gasteiger partial charge in [-0.3, -0.25) is 4.90 Å². The van der Waals surface area contributed by atoms with E-state index in [4.69, 9.17) is 4.98 Å². The predicted molar refractivity (Wildman–Crippen MR) is 82.4 cm³/mol. The molecule has 0 spiro atoms. The number of nitrogens with zero attached hydrogens (tertiary/aromatic N) is 2. The number of rotatable bonds is 6. The van der Waals surface area contributed by atoms with E-state index >= 15 is 0 Å². The number of likely N-dealkylation sites (tertiary alicyclic amines) is 1. The summed E-state index contributed by atoms with van der Waals surface area (Å²) in [6, 6.07) is 0. The van der Waals surface area contributed by atoms with Crippen LogP contribution in [0.1, 0.15) is 50.2 Å². The average molecular weight is 281 g/mol. The fourth-order valence-electron chi connectivity index (χ4n) is 2.48. The maximum absolute atomic E-state index is 4.75. The molecule has 0 aliphatic carbocycles. The Labute approximate surface area is 121 Å². The summed E-state index contributed by atoms with van der Waals surface area (Å²) < 4.78 is 0. The standard InChI is InChI=1S/C15H27N3S/c1-13(2)9-16-10-14-12-19-15(17-14)11-18-7-5-3-4-6-8-18/h12-13,16H,3-11H2,1-2H3. The first-order chi connectivity index (χ1) is 9.24. The van der Waals surface area contributed by atoms with Gasteiger partial charge in [-0.05, 0) is 38.4 Å². The summed E-state index contributed by atoms with van der Waals surface area (Å²) in [6.45, 7) is 10.0. The van der Waals surface area contributed by atoms with E-state index in [-0.39, 0.29) is 0 Å². The van der Waals surface area contributed by atoms with Crippen molar-refractivity contribution in [3.8, 4) is 0 Å². The highest BCUT2D eigenvalue weighted by molar-refractivity contribution is 7.09. The molecule has 1 fully saturated rings. The van der Waals surface area contributed by atoms with Gasteiger partial charge in [-0.1, -0.05) is 26.7 Å². The van der Waals surface area contributed by atoms with Gasteiger partial charge in [0, 0.05) is 11.9 Å². The van der Waals surface area contributed by atoms with Crippen LogP contribution in [0.2, 0.25) is 0 Å². The second kappa shape index (κ2) is 7.98. The minimum atomic E-state index is 0.704. The summed E-state index contributed by atoms with van der Waals surface area (Å²) >= 11 is 1.82. The van der Waals surface area contributed by atoms with Gasteiger partial charge >= 0.3 is 0 Å². The highest BCUT2D eigenvalue weighted by atomic mass is 32.1. The van der Waals surface area contributed by atoms with Crippen LogP contribution in [0.5, 0.6) is 0 Å². The highest BCUT2D eigenvalue weighted by Crippen LogP contribution is 2.16. The quantitative estimate of drug-likeness (QED) is 0.867. The van der Waals surface area contributed by atoms with Crippen LogP contribution >= 0.6 is 11.3 Å². The number of thiazole rings is 1. The van der Waals surface area contributed by atoms with Crippen LogP contribution in [-0.2, 0) is 13.1 Å². The van der Waals surface area contributed by atoms with Crippen molar-refractivity contribution in [1.82, 2.24) is 15.2 Å². The van der Waals surface area contributed by atoms with Crippen molar-refractivity contribution < 1.29 is 0 Å². The summed E-state index contributed by atoms with van der Waals surface area (Å²) in [5, 5.41) is 6.95. The zero-order chi connectivity index (χ0) is 13.5. The number of hydrogen-bond donors (Lipinski definition) is 1. The molecular formula is C15H27N3S. The van der Waals surface area contributed by atoms with Crippen molar-refractivity contribution >= 4 is 11.3 Å². The molecular weight excluding hydrogens is 254 g/mol. The van der Waals surface area contributed by atoms with Crippen LogP contribution < -0.4 is 5.32 Å². The summed E-state index contributed by atoms with van der Waals surface area (Å²) in [6.07, 6.45) is 5.51. The van der Waals surface area contributed by atoms with Crippen LogP contribution in [0.3, 0.4) is 0 Å². The molecule has 0 saturated carbocycles. The molecule has 108 valence electrons. The van der Waals surface area contributed by atoms with E-state index in [9.17, 15) is 0 Å². The lowest BCUT2D eigenvalue weighted by molar-refractivity contribution is 0.276. The van der Waals surface area contributed by atoms with E-state index in [1.54, 1.807) is 0 Å². The molecule has 19 heavy (non-hydrogen) atoms. The third kappa shape index (κ3) is 5.59. The van der Waals surface area contributed by atoms with Crippen LogP contribution in [0.4, 0.5) is 0 Å². The molecule has 2 rings (SSSR count). The number of hydrogen-bond acceptors (Lipinski definition) is 4. The van der Waals surface area contributed by atoms with E-state index in [0.29, 0.717) is 5.92 Å². The van der Waals surface area contributed by atoms with Crippen molar-refractivity contribution in [1.29, 1.82) is 0 Å².